The summed E-state index contributed by atoms with van der Waals surface area (Å²) in [6.07, 6.45) is 3.29. The van der Waals surface area contributed by atoms with Gasteiger partial charge < -0.3 is 36.7 Å². The Kier molecular flexibility index (Phi) is 15.5. The van der Waals surface area contributed by atoms with Gasteiger partial charge in [-0.05, 0) is 48.4 Å². The molecule has 10 nitrogen and oxygen atoms in total. The van der Waals surface area contributed by atoms with Crippen LogP contribution in [0.5, 0.6) is 0 Å². The van der Waals surface area contributed by atoms with Crippen molar-refractivity contribution in [3.8, 4) is 0 Å². The maximum absolute atomic E-state index is 5.66. The van der Waals surface area contributed by atoms with Crippen LogP contribution in [-0.2, 0) is 25.3 Å². The maximum atomic E-state index is 5.66. The first-order valence-corrected chi connectivity index (χ1v) is 9.73. The van der Waals surface area contributed by atoms with E-state index in [9.17, 15) is 0 Å². The molecule has 0 aromatic carbocycles. The minimum Gasteiger partial charge on any atom is -0.741 e. The molecule has 0 spiro atoms. The van der Waals surface area contributed by atoms with E-state index in [0.29, 0.717) is 34.8 Å². The Balaban J connectivity index is 0.000000562. The van der Waals surface area contributed by atoms with Crippen molar-refractivity contribution >= 4 is 67.1 Å². The fourth-order valence-electron chi connectivity index (χ4n) is 1.72. The molecule has 0 saturated heterocycles. The number of amidine groups is 4. The van der Waals surface area contributed by atoms with Crippen molar-refractivity contribution in [1.29, 1.82) is 0 Å². The average molecular weight is 514 g/mol. The van der Waals surface area contributed by atoms with Crippen molar-refractivity contribution in [3.63, 3.8) is 0 Å². The van der Waals surface area contributed by atoms with Crippen molar-refractivity contribution in [1.82, 2.24) is 20.8 Å². The Morgan fingerprint density at radius 1 is 0.806 bits per heavy atom. The van der Waals surface area contributed by atoms with E-state index in [1.165, 1.54) is 0 Å². The molecule has 0 unspecified atom stereocenters. The Hall–Kier alpha value is -2.74. The van der Waals surface area contributed by atoms with Crippen LogP contribution in [0, 0.1) is 0 Å². The van der Waals surface area contributed by atoms with Crippen LogP contribution in [0.1, 0.15) is 25.2 Å². The normalized spacial score (nSPS) is 12.2. The molecule has 6 N–H and O–H groups in total. The summed E-state index contributed by atoms with van der Waals surface area (Å²) in [5.74, 6) is 0.563. The number of hydrogen-bond acceptors (Lipinski definition) is 8. The number of aliphatic imine (C=N–C) groups is 2. The zero-order chi connectivity index (χ0) is 22.2. The van der Waals surface area contributed by atoms with Gasteiger partial charge in [0.25, 0.3) is 0 Å². The average Bonchev–Trinajstić information content (AvgIpc) is 2.78. The molecule has 2 aromatic heterocycles. The Bertz CT molecular complexity index is 800. The van der Waals surface area contributed by atoms with Crippen molar-refractivity contribution in [2.45, 2.75) is 13.8 Å². The molecule has 0 amide bonds. The molecular formula is C18H24GaN10S2+. The van der Waals surface area contributed by atoms with E-state index in [1.54, 1.807) is 36.7 Å². The SMILES string of the molecule is CCN=C([S-])N/N=C(\N)c1ccccn1.CCN=C([S-])N/N=C(\N)c1ccccn1.[Ga+3]. The van der Waals surface area contributed by atoms with E-state index in [2.05, 4.69) is 41.0 Å². The van der Waals surface area contributed by atoms with Crippen LogP contribution in [0.15, 0.2) is 69.0 Å². The Morgan fingerprint density at radius 3 is 1.48 bits per heavy atom. The second-order valence-corrected chi connectivity index (χ2v) is 5.98. The third kappa shape index (κ3) is 12.5. The molecule has 2 heterocycles. The van der Waals surface area contributed by atoms with Crippen molar-refractivity contribution in [3.05, 3.63) is 60.2 Å². The summed E-state index contributed by atoms with van der Waals surface area (Å²) >= 11 is 9.72. The number of pyridine rings is 2. The van der Waals surface area contributed by atoms with Crippen molar-refractivity contribution < 1.29 is 0 Å². The van der Waals surface area contributed by atoms with Crippen LogP contribution in [0.3, 0.4) is 0 Å². The summed E-state index contributed by atoms with van der Waals surface area (Å²) < 4.78 is 0. The summed E-state index contributed by atoms with van der Waals surface area (Å²) in [6.45, 7) is 5.01. The molecule has 2 aromatic rings. The molecule has 0 radical (unpaired) electrons. The summed E-state index contributed by atoms with van der Waals surface area (Å²) in [7, 11) is 0. The first-order valence-electron chi connectivity index (χ1n) is 8.91. The topological polar surface area (TPSA) is 151 Å². The van der Waals surface area contributed by atoms with Crippen molar-refractivity contribution in [2.24, 2.45) is 31.7 Å². The van der Waals surface area contributed by atoms with Gasteiger partial charge >= 0.3 is 19.8 Å². The molecule has 160 valence electrons. The molecular weight excluding hydrogens is 490 g/mol. The molecule has 0 bridgehead atoms. The van der Waals surface area contributed by atoms with Gasteiger partial charge in [-0.15, -0.1) is 0 Å². The van der Waals surface area contributed by atoms with Gasteiger partial charge in [0.05, 0.1) is 0 Å². The molecule has 31 heavy (non-hydrogen) atoms. The minimum absolute atomic E-state index is 0. The minimum atomic E-state index is 0. The second-order valence-electron chi connectivity index (χ2n) is 5.21. The third-order valence-corrected chi connectivity index (χ3v) is 3.44. The van der Waals surface area contributed by atoms with E-state index in [-0.39, 0.29) is 31.5 Å². The molecule has 2 rings (SSSR count). The molecule has 0 saturated carbocycles. The Labute approximate surface area is 206 Å². The largest absolute Gasteiger partial charge is 3.00 e. The van der Waals surface area contributed by atoms with Crippen LogP contribution in [-0.4, -0.2) is 64.9 Å². The van der Waals surface area contributed by atoms with E-state index in [4.69, 9.17) is 36.7 Å². The monoisotopic (exact) mass is 513 g/mol. The molecule has 0 aliphatic heterocycles. The molecule has 13 heteroatoms. The number of hydrogen-bond donors (Lipinski definition) is 4. The molecule has 0 fully saturated rings. The smallest absolute Gasteiger partial charge is 0.741 e. The van der Waals surface area contributed by atoms with Crippen LogP contribution in [0.4, 0.5) is 0 Å². The van der Waals surface area contributed by atoms with E-state index < -0.39 is 0 Å². The van der Waals surface area contributed by atoms with Gasteiger partial charge in [0.1, 0.15) is 11.4 Å². The van der Waals surface area contributed by atoms with E-state index >= 15 is 0 Å². The predicted molar refractivity (Wildman–Crippen MR) is 133 cm³/mol. The summed E-state index contributed by atoms with van der Waals surface area (Å²) in [6, 6.07) is 10.8. The van der Waals surface area contributed by atoms with Crippen LogP contribution in [0.25, 0.3) is 0 Å². The zero-order valence-corrected chi connectivity index (χ0v) is 21.3. The first-order chi connectivity index (χ1) is 14.5. The van der Waals surface area contributed by atoms with E-state index in [1.807, 2.05) is 26.0 Å². The van der Waals surface area contributed by atoms with Gasteiger partial charge in [-0.2, -0.15) is 10.2 Å². The molecule has 0 aliphatic rings. The zero-order valence-electron chi connectivity index (χ0n) is 17.3. The number of hydrazone groups is 2. The quantitative estimate of drug-likeness (QED) is 0.139. The number of nitrogens with zero attached hydrogens (tertiary/aromatic N) is 6. The summed E-state index contributed by atoms with van der Waals surface area (Å²) in [5, 5.41) is 8.35. The molecule has 0 atom stereocenters. The number of aromatic nitrogens is 2. The third-order valence-electron chi connectivity index (χ3n) is 3.00. The Morgan fingerprint density at radius 2 is 1.19 bits per heavy atom. The number of nitrogens with two attached hydrogens (primary N) is 2. The predicted octanol–water partition coefficient (Wildman–Crippen LogP) is 0.0478. The fraction of sp³-hybridized carbons (Fsp3) is 0.222. The summed E-state index contributed by atoms with van der Waals surface area (Å²) in [5.41, 5.74) is 17.7. The van der Waals surface area contributed by atoms with Gasteiger partial charge in [-0.1, -0.05) is 12.1 Å². The van der Waals surface area contributed by atoms with Crippen LogP contribution in [0.2, 0.25) is 0 Å². The number of rotatable bonds is 6. The standard InChI is InChI=1S/2C9H13N5S.Ga/c2*1-2-11-9(15)14-13-8(10)7-5-3-4-6-12-7;/h2*3-6H,2H2,1H3,(H2,10,13)(H2,11,14,15);/q;;+3/p-2. The molecule has 0 aliphatic carbocycles. The second kappa shape index (κ2) is 17.0. The maximum Gasteiger partial charge on any atom is 3.00 e. The van der Waals surface area contributed by atoms with E-state index in [0.717, 1.165) is 0 Å². The first kappa shape index (κ1) is 28.3. The van der Waals surface area contributed by atoms with Gasteiger partial charge in [0.15, 0.2) is 11.7 Å². The van der Waals surface area contributed by atoms with Gasteiger partial charge in [0, 0.05) is 25.5 Å². The van der Waals surface area contributed by atoms with Gasteiger partial charge in [-0.3, -0.25) is 30.8 Å². The fourth-order valence-corrected chi connectivity index (χ4v) is 2.07. The van der Waals surface area contributed by atoms with Crippen LogP contribution >= 0.6 is 0 Å². The van der Waals surface area contributed by atoms with Gasteiger partial charge in [0.2, 0.25) is 0 Å². The van der Waals surface area contributed by atoms with Crippen molar-refractivity contribution in [2.75, 3.05) is 13.1 Å². The van der Waals surface area contributed by atoms with Crippen LogP contribution < -0.4 is 22.3 Å². The summed E-state index contributed by atoms with van der Waals surface area (Å²) in [4.78, 5) is 15.9. The van der Waals surface area contributed by atoms with Gasteiger partial charge in [-0.25, -0.2) is 0 Å². The number of nitrogens with one attached hydrogen (secondary N) is 2.